The van der Waals surface area contributed by atoms with Gasteiger partial charge in [-0.3, -0.25) is 0 Å². The first-order valence-electron chi connectivity index (χ1n) is 6.91. The third-order valence-electron chi connectivity index (χ3n) is 4.64. The largest absolute Gasteiger partial charge is 0.126 e. The first-order valence-corrected chi connectivity index (χ1v) is 7.44. The summed E-state index contributed by atoms with van der Waals surface area (Å²) >= 11 is 6.26. The third-order valence-corrected chi connectivity index (χ3v) is 5.21. The highest BCUT2D eigenvalue weighted by Crippen LogP contribution is 2.45. The number of hydrogen-bond acceptors (Lipinski definition) is 0. The van der Waals surface area contributed by atoms with Crippen LogP contribution in [-0.4, -0.2) is 5.88 Å². The number of rotatable bonds is 3. The van der Waals surface area contributed by atoms with Gasteiger partial charge in [0.1, 0.15) is 0 Å². The first-order chi connectivity index (χ1) is 7.35. The van der Waals surface area contributed by atoms with Gasteiger partial charge in [-0.25, -0.2) is 0 Å². The maximum atomic E-state index is 6.26. The van der Waals surface area contributed by atoms with E-state index in [0.717, 1.165) is 11.8 Å². The number of hydrogen-bond donors (Lipinski definition) is 0. The summed E-state index contributed by atoms with van der Waals surface area (Å²) in [5, 5.41) is 0. The molecule has 0 spiro atoms. The normalized spacial score (nSPS) is 27.8. The molecule has 2 saturated carbocycles. The molecule has 2 aliphatic carbocycles. The molecule has 0 unspecified atom stereocenters. The highest BCUT2D eigenvalue weighted by molar-refractivity contribution is 6.18. The van der Waals surface area contributed by atoms with E-state index in [2.05, 4.69) is 0 Å². The summed E-state index contributed by atoms with van der Waals surface area (Å²) in [6.07, 6.45) is 16.0. The number of alkyl halides is 1. The minimum absolute atomic E-state index is 0.543. The van der Waals surface area contributed by atoms with Crippen LogP contribution in [0.5, 0.6) is 0 Å². The summed E-state index contributed by atoms with van der Waals surface area (Å²) in [4.78, 5) is 0. The smallest absolute Gasteiger partial charge is 0.0280 e. The molecule has 0 nitrogen and oxygen atoms in total. The predicted octanol–water partition coefficient (Wildman–Crippen LogP) is 5.15. The van der Waals surface area contributed by atoms with Gasteiger partial charge in [0.2, 0.25) is 0 Å². The Balaban J connectivity index is 1.87. The SMILES string of the molecule is ClCC1(CC2CCCCC2)CCCCC1. The standard InChI is InChI=1S/C14H25Cl/c15-12-14(9-5-2-6-10-14)11-13-7-3-1-4-8-13/h13H,1-12H2. The molecule has 0 atom stereocenters. The molecule has 2 aliphatic rings. The Morgan fingerprint density at radius 2 is 1.47 bits per heavy atom. The average molecular weight is 229 g/mol. The van der Waals surface area contributed by atoms with Crippen molar-refractivity contribution in [3.63, 3.8) is 0 Å². The minimum atomic E-state index is 0.543. The van der Waals surface area contributed by atoms with Crippen molar-refractivity contribution in [2.24, 2.45) is 11.3 Å². The van der Waals surface area contributed by atoms with Crippen molar-refractivity contribution >= 4 is 11.6 Å². The Hall–Kier alpha value is 0.290. The molecule has 0 amide bonds. The zero-order valence-electron chi connectivity index (χ0n) is 9.94. The second-order valence-electron chi connectivity index (χ2n) is 5.90. The maximum absolute atomic E-state index is 6.26. The summed E-state index contributed by atoms with van der Waals surface area (Å²) in [5.74, 6) is 1.93. The average Bonchev–Trinajstić information content (AvgIpc) is 2.32. The van der Waals surface area contributed by atoms with Gasteiger partial charge < -0.3 is 0 Å². The topological polar surface area (TPSA) is 0 Å². The molecule has 1 heteroatoms. The fourth-order valence-electron chi connectivity index (χ4n) is 3.70. The highest BCUT2D eigenvalue weighted by Gasteiger charge is 2.33. The van der Waals surface area contributed by atoms with Crippen LogP contribution in [0.15, 0.2) is 0 Å². The zero-order valence-corrected chi connectivity index (χ0v) is 10.7. The van der Waals surface area contributed by atoms with Gasteiger partial charge in [-0.2, -0.15) is 0 Å². The van der Waals surface area contributed by atoms with Crippen molar-refractivity contribution in [3.05, 3.63) is 0 Å². The van der Waals surface area contributed by atoms with Gasteiger partial charge in [0.25, 0.3) is 0 Å². The lowest BCUT2D eigenvalue weighted by Gasteiger charge is -2.39. The summed E-state index contributed by atoms with van der Waals surface area (Å²) < 4.78 is 0. The van der Waals surface area contributed by atoms with E-state index in [1.807, 2.05) is 0 Å². The lowest BCUT2D eigenvalue weighted by atomic mass is 9.68. The Morgan fingerprint density at radius 3 is 2.07 bits per heavy atom. The van der Waals surface area contributed by atoms with Crippen molar-refractivity contribution in [1.29, 1.82) is 0 Å². The molecule has 0 radical (unpaired) electrons. The summed E-state index contributed by atoms with van der Waals surface area (Å²) in [6.45, 7) is 0. The van der Waals surface area contributed by atoms with Crippen molar-refractivity contribution in [3.8, 4) is 0 Å². The molecule has 0 saturated heterocycles. The van der Waals surface area contributed by atoms with E-state index in [1.165, 1.54) is 70.6 Å². The van der Waals surface area contributed by atoms with E-state index in [-0.39, 0.29) is 0 Å². The van der Waals surface area contributed by atoms with E-state index < -0.39 is 0 Å². The molecule has 2 fully saturated rings. The zero-order chi connectivity index (χ0) is 10.6. The fraction of sp³-hybridized carbons (Fsp3) is 1.00. The van der Waals surface area contributed by atoms with Crippen LogP contribution in [-0.2, 0) is 0 Å². The second-order valence-corrected chi connectivity index (χ2v) is 6.17. The molecule has 0 heterocycles. The molecule has 0 aromatic carbocycles. The van der Waals surface area contributed by atoms with Crippen LogP contribution in [0, 0.1) is 11.3 Å². The fourth-order valence-corrected chi connectivity index (χ4v) is 4.07. The minimum Gasteiger partial charge on any atom is -0.126 e. The van der Waals surface area contributed by atoms with E-state index in [9.17, 15) is 0 Å². The summed E-state index contributed by atoms with van der Waals surface area (Å²) in [6, 6.07) is 0. The van der Waals surface area contributed by atoms with Crippen LogP contribution < -0.4 is 0 Å². The Bertz CT molecular complexity index is 176. The Kier molecular flexibility index (Phi) is 4.37. The lowest BCUT2D eigenvalue weighted by molar-refractivity contribution is 0.149. The van der Waals surface area contributed by atoms with Gasteiger partial charge in [0.15, 0.2) is 0 Å². The molecule has 88 valence electrons. The third kappa shape index (κ3) is 3.12. The van der Waals surface area contributed by atoms with E-state index >= 15 is 0 Å². The van der Waals surface area contributed by atoms with E-state index in [0.29, 0.717) is 5.41 Å². The van der Waals surface area contributed by atoms with Crippen LogP contribution in [0.1, 0.15) is 70.6 Å². The second kappa shape index (κ2) is 5.57. The Morgan fingerprint density at radius 1 is 0.867 bits per heavy atom. The molecule has 0 bridgehead atoms. The molecule has 0 aromatic heterocycles. The molecule has 0 aromatic rings. The van der Waals surface area contributed by atoms with E-state index in [4.69, 9.17) is 11.6 Å². The van der Waals surface area contributed by atoms with Gasteiger partial charge in [0.05, 0.1) is 0 Å². The molecule has 15 heavy (non-hydrogen) atoms. The van der Waals surface area contributed by atoms with Crippen molar-refractivity contribution < 1.29 is 0 Å². The predicted molar refractivity (Wildman–Crippen MR) is 67.4 cm³/mol. The van der Waals surface area contributed by atoms with Gasteiger partial charge in [-0.05, 0) is 30.6 Å². The van der Waals surface area contributed by atoms with Gasteiger partial charge in [-0.1, -0.05) is 51.4 Å². The monoisotopic (exact) mass is 228 g/mol. The molecule has 0 N–H and O–H groups in total. The maximum Gasteiger partial charge on any atom is 0.0280 e. The van der Waals surface area contributed by atoms with E-state index in [1.54, 1.807) is 0 Å². The van der Waals surface area contributed by atoms with Crippen molar-refractivity contribution in [2.45, 2.75) is 70.6 Å². The Labute approximate surface area is 99.8 Å². The summed E-state index contributed by atoms with van der Waals surface area (Å²) in [5.41, 5.74) is 0.543. The molecule has 0 aliphatic heterocycles. The van der Waals surface area contributed by atoms with Crippen LogP contribution in [0.3, 0.4) is 0 Å². The quantitative estimate of drug-likeness (QED) is 0.587. The van der Waals surface area contributed by atoms with Crippen LogP contribution in [0.4, 0.5) is 0 Å². The molecular weight excluding hydrogens is 204 g/mol. The summed E-state index contributed by atoms with van der Waals surface area (Å²) in [7, 11) is 0. The van der Waals surface area contributed by atoms with Gasteiger partial charge >= 0.3 is 0 Å². The highest BCUT2D eigenvalue weighted by atomic mass is 35.5. The molecular formula is C14H25Cl. The molecule has 2 rings (SSSR count). The first kappa shape index (κ1) is 11.8. The van der Waals surface area contributed by atoms with Crippen molar-refractivity contribution in [1.82, 2.24) is 0 Å². The lowest BCUT2D eigenvalue weighted by Crippen LogP contribution is -2.29. The van der Waals surface area contributed by atoms with Crippen LogP contribution in [0.25, 0.3) is 0 Å². The van der Waals surface area contributed by atoms with Crippen LogP contribution in [0.2, 0.25) is 0 Å². The van der Waals surface area contributed by atoms with Crippen molar-refractivity contribution in [2.75, 3.05) is 5.88 Å². The van der Waals surface area contributed by atoms with Gasteiger partial charge in [0, 0.05) is 5.88 Å². The van der Waals surface area contributed by atoms with Crippen LogP contribution >= 0.6 is 11.6 Å². The van der Waals surface area contributed by atoms with Gasteiger partial charge in [-0.15, -0.1) is 11.6 Å². The number of halogens is 1.